The van der Waals surface area contributed by atoms with Crippen LogP contribution in [0, 0.1) is 6.92 Å². The summed E-state index contributed by atoms with van der Waals surface area (Å²) in [7, 11) is -2.73. The number of rotatable bonds is 12. The lowest BCUT2D eigenvalue weighted by Crippen LogP contribution is -2.51. The number of benzene rings is 3. The molecule has 2 amide bonds. The highest BCUT2D eigenvalue weighted by Crippen LogP contribution is 2.29. The molecule has 3 aromatic carbocycles. The van der Waals surface area contributed by atoms with E-state index in [1.165, 1.54) is 30.2 Å². The molecule has 0 saturated carbocycles. The molecule has 0 aliphatic carbocycles. The van der Waals surface area contributed by atoms with Gasteiger partial charge in [-0.2, -0.15) is 0 Å². The van der Waals surface area contributed by atoms with E-state index in [2.05, 4.69) is 5.32 Å². The molecule has 0 aromatic heterocycles. The monoisotopic (exact) mass is 605 g/mol. The molecule has 0 aliphatic heterocycles. The van der Waals surface area contributed by atoms with Crippen molar-refractivity contribution in [2.24, 2.45) is 0 Å². The Kier molecular flexibility index (Phi) is 10.8. The molecular formula is C29H33Cl2N3O5S. The number of carbonyl (C=O) groups excluding carboxylic acids is 2. The molecule has 11 heteroatoms. The second kappa shape index (κ2) is 13.9. The van der Waals surface area contributed by atoms with Crippen LogP contribution in [0.1, 0.15) is 31.4 Å². The zero-order chi connectivity index (χ0) is 29.4. The predicted molar refractivity (Wildman–Crippen MR) is 158 cm³/mol. The molecule has 0 heterocycles. The van der Waals surface area contributed by atoms with E-state index < -0.39 is 28.5 Å². The molecule has 0 fully saturated rings. The van der Waals surface area contributed by atoms with Crippen molar-refractivity contribution in [2.45, 2.75) is 44.7 Å². The first-order valence-corrected chi connectivity index (χ1v) is 14.9. The molecule has 1 N–H and O–H groups in total. The first kappa shape index (κ1) is 31.3. The summed E-state index contributed by atoms with van der Waals surface area (Å²) < 4.78 is 34.1. The molecule has 1 atom stereocenters. The van der Waals surface area contributed by atoms with Gasteiger partial charge < -0.3 is 15.0 Å². The van der Waals surface area contributed by atoms with Gasteiger partial charge in [0, 0.05) is 34.8 Å². The van der Waals surface area contributed by atoms with Gasteiger partial charge >= 0.3 is 0 Å². The number of carbonyl (C=O) groups is 2. The third-order valence-electron chi connectivity index (χ3n) is 6.34. The molecule has 8 nitrogen and oxygen atoms in total. The van der Waals surface area contributed by atoms with Crippen LogP contribution in [0.4, 0.5) is 5.69 Å². The molecule has 0 aliphatic rings. The first-order valence-electron chi connectivity index (χ1n) is 12.7. The Balaban J connectivity index is 2.08. The van der Waals surface area contributed by atoms with Crippen molar-refractivity contribution < 1.29 is 22.7 Å². The summed E-state index contributed by atoms with van der Waals surface area (Å²) in [5.74, 6) is -0.581. The number of hydrogen-bond donors (Lipinski definition) is 1. The number of nitrogens with zero attached hydrogens (tertiary/aromatic N) is 2. The third-order valence-corrected chi connectivity index (χ3v) is 8.83. The van der Waals surface area contributed by atoms with Crippen molar-refractivity contribution in [1.29, 1.82) is 0 Å². The van der Waals surface area contributed by atoms with E-state index in [0.29, 0.717) is 34.3 Å². The predicted octanol–water partition coefficient (Wildman–Crippen LogP) is 5.45. The molecule has 1 unspecified atom stereocenters. The zero-order valence-electron chi connectivity index (χ0n) is 22.9. The number of nitrogens with one attached hydrogen (secondary N) is 1. The number of aryl methyl sites for hydroxylation is 1. The molecule has 40 heavy (non-hydrogen) atoms. The third kappa shape index (κ3) is 7.47. The van der Waals surface area contributed by atoms with Crippen LogP contribution in [0.2, 0.25) is 10.0 Å². The summed E-state index contributed by atoms with van der Waals surface area (Å²) in [6, 6.07) is 16.8. The summed E-state index contributed by atoms with van der Waals surface area (Å²) in [6.45, 7) is 5.08. The van der Waals surface area contributed by atoms with E-state index in [1.807, 2.05) is 13.8 Å². The maximum absolute atomic E-state index is 14.0. The summed E-state index contributed by atoms with van der Waals surface area (Å²) in [5.41, 5.74) is 1.56. The van der Waals surface area contributed by atoms with E-state index in [1.54, 1.807) is 55.5 Å². The van der Waals surface area contributed by atoms with Crippen LogP contribution >= 0.6 is 23.2 Å². The van der Waals surface area contributed by atoms with Gasteiger partial charge in [-0.25, -0.2) is 8.42 Å². The number of ether oxygens (including phenoxy) is 1. The largest absolute Gasteiger partial charge is 0.497 e. The van der Waals surface area contributed by atoms with Crippen LogP contribution in [-0.4, -0.2) is 51.4 Å². The highest BCUT2D eigenvalue weighted by Gasteiger charge is 2.33. The van der Waals surface area contributed by atoms with Crippen LogP contribution in [0.3, 0.4) is 0 Å². The molecule has 0 radical (unpaired) electrons. The van der Waals surface area contributed by atoms with Crippen molar-refractivity contribution >= 4 is 50.7 Å². The number of halogens is 2. The Hall–Kier alpha value is -3.27. The van der Waals surface area contributed by atoms with E-state index in [0.717, 1.165) is 9.87 Å². The van der Waals surface area contributed by atoms with E-state index >= 15 is 0 Å². The van der Waals surface area contributed by atoms with Gasteiger partial charge in [0.25, 0.3) is 10.0 Å². The second-order valence-corrected chi connectivity index (χ2v) is 11.9. The number of methoxy groups -OCH3 is 1. The van der Waals surface area contributed by atoms with Gasteiger partial charge in [-0.1, -0.05) is 60.0 Å². The Morgan fingerprint density at radius 1 is 1.00 bits per heavy atom. The smallest absolute Gasteiger partial charge is 0.264 e. The lowest BCUT2D eigenvalue weighted by molar-refractivity contribution is -0.139. The Morgan fingerprint density at radius 3 is 2.23 bits per heavy atom. The average molecular weight is 607 g/mol. The van der Waals surface area contributed by atoms with Crippen molar-refractivity contribution in [2.75, 3.05) is 24.5 Å². The van der Waals surface area contributed by atoms with Gasteiger partial charge in [0.15, 0.2) is 0 Å². The maximum Gasteiger partial charge on any atom is 0.264 e. The van der Waals surface area contributed by atoms with E-state index in [-0.39, 0.29) is 23.0 Å². The van der Waals surface area contributed by atoms with E-state index in [4.69, 9.17) is 27.9 Å². The van der Waals surface area contributed by atoms with Crippen LogP contribution in [0.15, 0.2) is 71.6 Å². The van der Waals surface area contributed by atoms with Gasteiger partial charge in [0.05, 0.1) is 17.7 Å². The Morgan fingerprint density at radius 2 is 1.62 bits per heavy atom. The quantitative estimate of drug-likeness (QED) is 0.296. The zero-order valence-corrected chi connectivity index (χ0v) is 25.2. The summed E-state index contributed by atoms with van der Waals surface area (Å²) >= 11 is 12.8. The minimum absolute atomic E-state index is 0.0168. The van der Waals surface area contributed by atoms with Crippen molar-refractivity contribution in [3.05, 3.63) is 87.9 Å². The van der Waals surface area contributed by atoms with Gasteiger partial charge in [-0.15, -0.1) is 0 Å². The SMILES string of the molecule is CCCNC(=O)C(C)N(Cc1c(Cl)cccc1Cl)C(=O)CN(c1cccc(OC)c1)S(=O)(=O)c1ccc(C)cc1. The van der Waals surface area contributed by atoms with Crippen LogP contribution in [0.5, 0.6) is 5.75 Å². The molecular weight excluding hydrogens is 573 g/mol. The molecule has 3 aromatic rings. The van der Waals surface area contributed by atoms with Crippen molar-refractivity contribution in [3.63, 3.8) is 0 Å². The molecule has 0 bridgehead atoms. The normalized spacial score (nSPS) is 11.9. The highest BCUT2D eigenvalue weighted by molar-refractivity contribution is 7.92. The minimum atomic E-state index is -4.20. The fourth-order valence-corrected chi connectivity index (χ4v) is 5.89. The van der Waals surface area contributed by atoms with Crippen LogP contribution in [-0.2, 0) is 26.2 Å². The van der Waals surface area contributed by atoms with Crippen LogP contribution < -0.4 is 14.4 Å². The Bertz CT molecular complexity index is 1430. The number of amides is 2. The first-order chi connectivity index (χ1) is 19.0. The molecule has 0 spiro atoms. The van der Waals surface area contributed by atoms with Gasteiger partial charge in [0.1, 0.15) is 18.3 Å². The summed E-state index contributed by atoms with van der Waals surface area (Å²) in [5, 5.41) is 3.44. The van der Waals surface area contributed by atoms with Gasteiger partial charge in [-0.05, 0) is 56.7 Å². The summed E-state index contributed by atoms with van der Waals surface area (Å²) in [4.78, 5) is 28.3. The van der Waals surface area contributed by atoms with Gasteiger partial charge in [0.2, 0.25) is 11.8 Å². The molecule has 0 saturated heterocycles. The maximum atomic E-state index is 14.0. The average Bonchev–Trinajstić information content (AvgIpc) is 2.94. The number of anilines is 1. The second-order valence-electron chi connectivity index (χ2n) is 9.22. The fourth-order valence-electron chi connectivity index (χ4n) is 3.96. The highest BCUT2D eigenvalue weighted by atomic mass is 35.5. The standard InChI is InChI=1S/C29H33Cl2N3O5S/c1-5-16-32-29(36)21(3)33(18-25-26(30)10-7-11-27(25)31)28(35)19-34(22-8-6-9-23(17-22)39-4)40(37,38)24-14-12-20(2)13-15-24/h6-15,17,21H,5,16,18-19H2,1-4H3,(H,32,36). The minimum Gasteiger partial charge on any atom is -0.497 e. The van der Waals surface area contributed by atoms with Crippen molar-refractivity contribution in [3.8, 4) is 5.75 Å². The van der Waals surface area contributed by atoms with Gasteiger partial charge in [-0.3, -0.25) is 13.9 Å². The number of sulfonamides is 1. The number of hydrogen-bond acceptors (Lipinski definition) is 5. The van der Waals surface area contributed by atoms with Crippen LogP contribution in [0.25, 0.3) is 0 Å². The Labute approximate surface area is 245 Å². The fraction of sp³-hybridized carbons (Fsp3) is 0.310. The molecule has 214 valence electrons. The molecule has 3 rings (SSSR count). The topological polar surface area (TPSA) is 96.0 Å². The van der Waals surface area contributed by atoms with E-state index in [9.17, 15) is 18.0 Å². The van der Waals surface area contributed by atoms with Crippen molar-refractivity contribution in [1.82, 2.24) is 10.2 Å². The summed E-state index contributed by atoms with van der Waals surface area (Å²) in [6.07, 6.45) is 0.709. The lowest BCUT2D eigenvalue weighted by atomic mass is 10.1. The lowest BCUT2D eigenvalue weighted by Gasteiger charge is -2.32.